The molecule has 0 spiro atoms. The van der Waals surface area contributed by atoms with Crippen LogP contribution in [-0.2, 0) is 6.61 Å². The van der Waals surface area contributed by atoms with Gasteiger partial charge in [-0.2, -0.15) is 0 Å². The van der Waals surface area contributed by atoms with E-state index in [4.69, 9.17) is 4.74 Å². The summed E-state index contributed by atoms with van der Waals surface area (Å²) in [6.45, 7) is 7.03. The lowest BCUT2D eigenvalue weighted by atomic mass is 10.1. The van der Waals surface area contributed by atoms with Gasteiger partial charge in [0.1, 0.15) is 12.4 Å². The summed E-state index contributed by atoms with van der Waals surface area (Å²) in [5, 5.41) is 0. The fourth-order valence-electron chi connectivity index (χ4n) is 4.80. The third-order valence-electron chi connectivity index (χ3n) is 6.64. The molecule has 166 valence electrons. The van der Waals surface area contributed by atoms with Crippen LogP contribution in [-0.4, -0.2) is 39.3 Å². The predicted octanol–water partition coefficient (Wildman–Crippen LogP) is 5.58. The number of nitrogens with zero attached hydrogens (tertiary/aromatic N) is 3. The molecule has 32 heavy (non-hydrogen) atoms. The van der Waals surface area contributed by atoms with E-state index < -0.39 is 0 Å². The lowest BCUT2D eigenvalue weighted by molar-refractivity contribution is 0.306. The highest BCUT2D eigenvalue weighted by molar-refractivity contribution is 5.67. The first kappa shape index (κ1) is 20.7. The second-order valence-corrected chi connectivity index (χ2v) is 8.78. The number of piperazine rings is 1. The van der Waals surface area contributed by atoms with E-state index in [-0.39, 0.29) is 0 Å². The van der Waals surface area contributed by atoms with Crippen LogP contribution in [0.5, 0.6) is 5.75 Å². The molecule has 3 aromatic carbocycles. The van der Waals surface area contributed by atoms with Crippen LogP contribution in [0.4, 0.5) is 17.1 Å². The third kappa shape index (κ3) is 4.85. The zero-order chi connectivity index (χ0) is 21.6. The molecule has 2 fully saturated rings. The van der Waals surface area contributed by atoms with Gasteiger partial charge in [0.2, 0.25) is 0 Å². The van der Waals surface area contributed by atoms with Crippen molar-refractivity contribution >= 4 is 17.1 Å². The van der Waals surface area contributed by atoms with Crippen LogP contribution in [0.15, 0.2) is 78.9 Å². The van der Waals surface area contributed by atoms with Gasteiger partial charge in [0, 0.05) is 50.6 Å². The topological polar surface area (TPSA) is 19.0 Å². The molecule has 0 aromatic heterocycles. The molecule has 5 rings (SSSR count). The minimum absolute atomic E-state index is 0.608. The van der Waals surface area contributed by atoms with Crippen LogP contribution < -0.4 is 19.4 Å². The summed E-state index contributed by atoms with van der Waals surface area (Å²) in [5.41, 5.74) is 5.10. The Bertz CT molecular complexity index is 978. The third-order valence-corrected chi connectivity index (χ3v) is 6.64. The van der Waals surface area contributed by atoms with Gasteiger partial charge in [0.15, 0.2) is 0 Å². The van der Waals surface area contributed by atoms with Gasteiger partial charge in [0.25, 0.3) is 0 Å². The maximum Gasteiger partial charge on any atom is 0.143 e. The smallest absolute Gasteiger partial charge is 0.143 e. The number of piperidine rings is 1. The van der Waals surface area contributed by atoms with Gasteiger partial charge in [0.05, 0.1) is 5.69 Å². The maximum absolute atomic E-state index is 6.33. The van der Waals surface area contributed by atoms with Crippen molar-refractivity contribution in [3.63, 3.8) is 0 Å². The molecular weight excluding hydrogens is 394 g/mol. The molecule has 2 aliphatic rings. The van der Waals surface area contributed by atoms with Gasteiger partial charge in [-0.25, -0.2) is 0 Å². The quantitative estimate of drug-likeness (QED) is 0.511. The fourth-order valence-corrected chi connectivity index (χ4v) is 4.80. The highest BCUT2D eigenvalue weighted by Crippen LogP contribution is 2.35. The SMILES string of the molecule is c1ccc(COc2ccc(N3CCN(c4ccccc4)CC3)cc2N2CCCCC2)cc1. The molecule has 0 radical (unpaired) electrons. The van der Waals surface area contributed by atoms with E-state index in [2.05, 4.69) is 93.6 Å². The Morgan fingerprint density at radius 2 is 1.19 bits per heavy atom. The molecular formula is C28H33N3O. The Morgan fingerprint density at radius 1 is 0.562 bits per heavy atom. The first-order valence-electron chi connectivity index (χ1n) is 12.0. The summed E-state index contributed by atoms with van der Waals surface area (Å²) in [4.78, 5) is 7.53. The highest BCUT2D eigenvalue weighted by Gasteiger charge is 2.21. The Labute approximate surface area is 192 Å². The predicted molar refractivity (Wildman–Crippen MR) is 134 cm³/mol. The summed E-state index contributed by atoms with van der Waals surface area (Å²) >= 11 is 0. The van der Waals surface area contributed by atoms with E-state index in [1.54, 1.807) is 0 Å². The first-order chi connectivity index (χ1) is 15.9. The molecule has 0 amide bonds. The molecule has 2 saturated heterocycles. The Kier molecular flexibility index (Phi) is 6.48. The van der Waals surface area contributed by atoms with Gasteiger partial charge in [-0.1, -0.05) is 48.5 Å². The van der Waals surface area contributed by atoms with E-state index in [0.717, 1.165) is 45.0 Å². The molecule has 3 aromatic rings. The number of ether oxygens (including phenoxy) is 1. The van der Waals surface area contributed by atoms with Crippen LogP contribution in [0.3, 0.4) is 0 Å². The number of para-hydroxylation sites is 1. The molecule has 0 aliphatic carbocycles. The van der Waals surface area contributed by atoms with Crippen molar-refractivity contribution < 1.29 is 4.74 Å². The lowest BCUT2D eigenvalue weighted by Crippen LogP contribution is -2.46. The first-order valence-corrected chi connectivity index (χ1v) is 12.0. The molecule has 4 heteroatoms. The Morgan fingerprint density at radius 3 is 1.88 bits per heavy atom. The second-order valence-electron chi connectivity index (χ2n) is 8.78. The summed E-state index contributed by atoms with van der Waals surface area (Å²) in [5.74, 6) is 1.00. The Hall–Kier alpha value is -3.14. The monoisotopic (exact) mass is 427 g/mol. The van der Waals surface area contributed by atoms with Crippen molar-refractivity contribution in [1.82, 2.24) is 0 Å². The maximum atomic E-state index is 6.33. The van der Waals surface area contributed by atoms with Crippen LogP contribution in [0.1, 0.15) is 24.8 Å². The largest absolute Gasteiger partial charge is 0.487 e. The molecule has 4 nitrogen and oxygen atoms in total. The molecule has 0 unspecified atom stereocenters. The minimum atomic E-state index is 0.608. The van der Waals surface area contributed by atoms with Gasteiger partial charge in [-0.05, 0) is 55.2 Å². The van der Waals surface area contributed by atoms with E-state index in [1.807, 2.05) is 0 Å². The van der Waals surface area contributed by atoms with Crippen molar-refractivity contribution in [3.05, 3.63) is 84.4 Å². The van der Waals surface area contributed by atoms with Crippen molar-refractivity contribution in [2.75, 3.05) is 54.0 Å². The highest BCUT2D eigenvalue weighted by atomic mass is 16.5. The zero-order valence-electron chi connectivity index (χ0n) is 18.8. The van der Waals surface area contributed by atoms with Crippen LogP contribution >= 0.6 is 0 Å². The summed E-state index contributed by atoms with van der Waals surface area (Å²) in [6, 6.07) is 28.0. The van der Waals surface area contributed by atoms with Crippen LogP contribution in [0.2, 0.25) is 0 Å². The van der Waals surface area contributed by atoms with Crippen LogP contribution in [0, 0.1) is 0 Å². The van der Waals surface area contributed by atoms with Crippen molar-refractivity contribution in [3.8, 4) is 5.75 Å². The second kappa shape index (κ2) is 9.99. The van der Waals surface area contributed by atoms with E-state index >= 15 is 0 Å². The van der Waals surface area contributed by atoms with E-state index in [0.29, 0.717) is 6.61 Å². The van der Waals surface area contributed by atoms with Gasteiger partial charge in [-0.15, -0.1) is 0 Å². The number of benzene rings is 3. The molecule has 2 aliphatic heterocycles. The number of anilines is 3. The standard InChI is InChI=1S/C28H33N3O/c1-4-10-24(11-5-1)23-32-28-15-14-26(22-27(28)31-16-8-3-9-17-31)30-20-18-29(19-21-30)25-12-6-2-7-13-25/h1-2,4-7,10-15,22H,3,8-9,16-21,23H2. The number of hydrogen-bond donors (Lipinski definition) is 0. The van der Waals surface area contributed by atoms with Gasteiger partial charge in [-0.3, -0.25) is 0 Å². The average Bonchev–Trinajstić information content (AvgIpc) is 2.89. The van der Waals surface area contributed by atoms with Crippen molar-refractivity contribution in [2.45, 2.75) is 25.9 Å². The summed E-state index contributed by atoms with van der Waals surface area (Å²) in [6.07, 6.45) is 3.86. The fraction of sp³-hybridized carbons (Fsp3) is 0.357. The van der Waals surface area contributed by atoms with Crippen molar-refractivity contribution in [2.24, 2.45) is 0 Å². The van der Waals surface area contributed by atoms with Gasteiger partial charge >= 0.3 is 0 Å². The molecule has 0 atom stereocenters. The zero-order valence-corrected chi connectivity index (χ0v) is 18.8. The summed E-state index contributed by atoms with van der Waals surface area (Å²) in [7, 11) is 0. The molecule has 2 heterocycles. The normalized spacial score (nSPS) is 16.8. The van der Waals surface area contributed by atoms with Crippen LogP contribution in [0.25, 0.3) is 0 Å². The lowest BCUT2D eigenvalue weighted by Gasteiger charge is -2.38. The number of rotatable bonds is 6. The summed E-state index contributed by atoms with van der Waals surface area (Å²) < 4.78 is 6.33. The number of hydrogen-bond acceptors (Lipinski definition) is 4. The Balaban J connectivity index is 1.32. The van der Waals surface area contributed by atoms with E-state index in [1.165, 1.54) is 41.9 Å². The van der Waals surface area contributed by atoms with Gasteiger partial charge < -0.3 is 19.4 Å². The minimum Gasteiger partial charge on any atom is -0.487 e. The molecule has 0 bridgehead atoms. The molecule has 0 saturated carbocycles. The average molecular weight is 428 g/mol. The van der Waals surface area contributed by atoms with Crippen molar-refractivity contribution in [1.29, 1.82) is 0 Å². The van der Waals surface area contributed by atoms with E-state index in [9.17, 15) is 0 Å². The molecule has 0 N–H and O–H groups in total.